The number of β-amino-alcohol motifs (C(OH)–C–C–N with tert-alkyl or cyclic N) is 1. The molecule has 7 nitrogen and oxygen atoms in total. The van der Waals surface area contributed by atoms with Crippen LogP contribution in [0.5, 0.6) is 5.75 Å². The van der Waals surface area contributed by atoms with Crippen molar-refractivity contribution in [3.8, 4) is 27.6 Å². The van der Waals surface area contributed by atoms with Crippen LogP contribution in [0.15, 0.2) is 39.9 Å². The molecule has 0 radical (unpaired) electrons. The third-order valence-corrected chi connectivity index (χ3v) is 8.30. The number of carbonyl (C=O) groups excluding carboxylic acids is 1. The van der Waals surface area contributed by atoms with Crippen molar-refractivity contribution >= 4 is 46.2 Å². The Morgan fingerprint density at radius 3 is 3.03 bits per heavy atom. The van der Waals surface area contributed by atoms with E-state index in [1.165, 1.54) is 11.3 Å². The van der Waals surface area contributed by atoms with Crippen LogP contribution < -0.4 is 10.5 Å². The molecule has 1 aromatic carbocycles. The van der Waals surface area contributed by atoms with Gasteiger partial charge in [-0.2, -0.15) is 0 Å². The van der Waals surface area contributed by atoms with Gasteiger partial charge in [0.1, 0.15) is 16.6 Å². The number of hydrogen-bond acceptors (Lipinski definition) is 8. The van der Waals surface area contributed by atoms with Gasteiger partial charge in [0.05, 0.1) is 20.9 Å². The van der Waals surface area contributed by atoms with Gasteiger partial charge in [-0.1, -0.05) is 12.1 Å². The fourth-order valence-electron chi connectivity index (χ4n) is 3.50. The number of carbonyl (C=O) groups is 1. The number of nitrogens with two attached hydrogens (primary N) is 1. The standard InChI is InChI=1S/C22H24N4O3S3/c1-30-22-16(9-18(32-22)20(23)24)21-25-17(12-31-21)13-4-2-6-15(8-13)29-11-19(28)26-7-3-5-14(27)10-26/h2,4,6,8-9,12,14,27H,3,5,7,10-11H2,1H3,(H3,23,24)/t14-/m1/s1. The molecular formula is C22H24N4O3S3. The van der Waals surface area contributed by atoms with Crippen molar-refractivity contribution < 1.29 is 14.6 Å². The summed E-state index contributed by atoms with van der Waals surface area (Å²) >= 11 is 4.66. The first-order valence-corrected chi connectivity index (χ1v) is 13.0. The van der Waals surface area contributed by atoms with Crippen LogP contribution in [0.1, 0.15) is 17.7 Å². The SMILES string of the molecule is CSc1sc(C(=N)N)cc1-c1nc(-c2cccc(OCC(=O)N3CCC[C@@H](O)C3)c2)cs1. The van der Waals surface area contributed by atoms with Crippen LogP contribution in [0.4, 0.5) is 0 Å². The Balaban J connectivity index is 1.47. The molecule has 4 N–H and O–H groups in total. The molecule has 3 heterocycles. The van der Waals surface area contributed by atoms with E-state index in [0.717, 1.165) is 43.8 Å². The Morgan fingerprint density at radius 1 is 1.44 bits per heavy atom. The summed E-state index contributed by atoms with van der Waals surface area (Å²) in [6, 6.07) is 9.45. The number of amides is 1. The molecule has 1 aliphatic heterocycles. The van der Waals surface area contributed by atoms with Crippen molar-refractivity contribution in [3.63, 3.8) is 0 Å². The number of thiophene rings is 1. The summed E-state index contributed by atoms with van der Waals surface area (Å²) in [5.41, 5.74) is 8.38. The van der Waals surface area contributed by atoms with Crippen molar-refractivity contribution in [2.24, 2.45) is 5.73 Å². The zero-order valence-electron chi connectivity index (χ0n) is 17.5. The first-order valence-electron chi connectivity index (χ1n) is 10.1. The second-order valence-corrected chi connectivity index (χ2v) is 10.4. The van der Waals surface area contributed by atoms with Gasteiger partial charge in [-0.3, -0.25) is 10.2 Å². The number of thioether (sulfide) groups is 1. The van der Waals surface area contributed by atoms with Crippen LogP contribution in [0, 0.1) is 5.41 Å². The summed E-state index contributed by atoms with van der Waals surface area (Å²) < 4.78 is 6.82. The molecule has 0 unspecified atom stereocenters. The smallest absolute Gasteiger partial charge is 0.260 e. The quantitative estimate of drug-likeness (QED) is 0.264. The predicted octanol–water partition coefficient (Wildman–Crippen LogP) is 3.91. The topological polar surface area (TPSA) is 113 Å². The summed E-state index contributed by atoms with van der Waals surface area (Å²) in [6.45, 7) is 0.973. The van der Waals surface area contributed by atoms with E-state index in [9.17, 15) is 9.90 Å². The number of hydrogen-bond donors (Lipinski definition) is 3. The van der Waals surface area contributed by atoms with E-state index >= 15 is 0 Å². The van der Waals surface area contributed by atoms with E-state index in [-0.39, 0.29) is 18.3 Å². The monoisotopic (exact) mass is 488 g/mol. The number of amidine groups is 1. The van der Waals surface area contributed by atoms with E-state index < -0.39 is 6.10 Å². The number of rotatable bonds is 7. The number of nitrogens with zero attached hydrogens (tertiary/aromatic N) is 2. The molecule has 4 rings (SSSR count). The van der Waals surface area contributed by atoms with Crippen LogP contribution in [0.3, 0.4) is 0 Å². The van der Waals surface area contributed by atoms with E-state index in [2.05, 4.69) is 0 Å². The lowest BCUT2D eigenvalue weighted by atomic mass is 10.1. The Bertz CT molecular complexity index is 1130. The molecular weight excluding hydrogens is 464 g/mol. The highest BCUT2D eigenvalue weighted by atomic mass is 32.2. The summed E-state index contributed by atoms with van der Waals surface area (Å²) in [6.07, 6.45) is 3.10. The minimum Gasteiger partial charge on any atom is -0.484 e. The van der Waals surface area contributed by atoms with Crippen LogP contribution in [-0.2, 0) is 4.79 Å². The van der Waals surface area contributed by atoms with Crippen molar-refractivity contribution in [2.45, 2.75) is 23.2 Å². The van der Waals surface area contributed by atoms with Gasteiger partial charge in [0.15, 0.2) is 6.61 Å². The summed E-state index contributed by atoms with van der Waals surface area (Å²) in [5, 5.41) is 20.3. The van der Waals surface area contributed by atoms with Crippen LogP contribution >= 0.6 is 34.4 Å². The maximum atomic E-state index is 12.4. The molecule has 0 saturated carbocycles. The van der Waals surface area contributed by atoms with Crippen LogP contribution in [0.25, 0.3) is 21.8 Å². The van der Waals surface area contributed by atoms with Crippen LogP contribution in [-0.4, -0.2) is 58.8 Å². The second-order valence-electron chi connectivity index (χ2n) is 7.42. The molecule has 0 bridgehead atoms. The van der Waals surface area contributed by atoms with Gasteiger partial charge < -0.3 is 20.5 Å². The number of aliphatic hydroxyl groups excluding tert-OH is 1. The molecule has 1 atom stereocenters. The summed E-state index contributed by atoms with van der Waals surface area (Å²) in [5.74, 6) is 0.544. The molecule has 1 fully saturated rings. The Morgan fingerprint density at radius 2 is 2.28 bits per heavy atom. The summed E-state index contributed by atoms with van der Waals surface area (Å²) in [4.78, 5) is 19.6. The van der Waals surface area contributed by atoms with Crippen LogP contribution in [0.2, 0.25) is 0 Å². The number of thiazole rings is 1. The number of aliphatic hydroxyl groups is 1. The number of aromatic nitrogens is 1. The van der Waals surface area contributed by atoms with Gasteiger partial charge in [0.2, 0.25) is 0 Å². The highest BCUT2D eigenvalue weighted by Gasteiger charge is 2.22. The summed E-state index contributed by atoms with van der Waals surface area (Å²) in [7, 11) is 0. The lowest BCUT2D eigenvalue weighted by Gasteiger charge is -2.30. The number of likely N-dealkylation sites (tertiary alicyclic amines) is 1. The van der Waals surface area contributed by atoms with Gasteiger partial charge in [0, 0.05) is 29.6 Å². The first kappa shape index (κ1) is 22.8. The lowest BCUT2D eigenvalue weighted by molar-refractivity contribution is -0.136. The first-order chi connectivity index (χ1) is 15.4. The van der Waals surface area contributed by atoms with Gasteiger partial charge in [-0.15, -0.1) is 34.4 Å². The molecule has 1 saturated heterocycles. The zero-order valence-corrected chi connectivity index (χ0v) is 20.0. The molecule has 10 heteroatoms. The lowest BCUT2D eigenvalue weighted by Crippen LogP contribution is -2.44. The third-order valence-electron chi connectivity index (χ3n) is 5.12. The molecule has 3 aromatic rings. The molecule has 2 aromatic heterocycles. The maximum absolute atomic E-state index is 12.4. The van der Waals surface area contributed by atoms with E-state index in [0.29, 0.717) is 18.8 Å². The number of nitrogen functional groups attached to an aromatic ring is 1. The normalized spacial score (nSPS) is 16.2. The Hall–Kier alpha value is -2.40. The maximum Gasteiger partial charge on any atom is 0.260 e. The van der Waals surface area contributed by atoms with Crippen molar-refractivity contribution in [1.82, 2.24) is 9.88 Å². The Labute approximate surface area is 198 Å². The molecule has 32 heavy (non-hydrogen) atoms. The predicted molar refractivity (Wildman–Crippen MR) is 131 cm³/mol. The largest absolute Gasteiger partial charge is 0.484 e. The average molecular weight is 489 g/mol. The van der Waals surface area contributed by atoms with Crippen molar-refractivity contribution in [2.75, 3.05) is 26.0 Å². The van der Waals surface area contributed by atoms with Crippen molar-refractivity contribution in [3.05, 3.63) is 40.6 Å². The highest BCUT2D eigenvalue weighted by Crippen LogP contribution is 2.40. The van der Waals surface area contributed by atoms with Gasteiger partial charge in [-0.05, 0) is 37.3 Å². The molecule has 0 aliphatic carbocycles. The van der Waals surface area contributed by atoms with Gasteiger partial charge in [0.25, 0.3) is 5.91 Å². The Kier molecular flexibility index (Phi) is 7.14. The fraction of sp³-hybridized carbons (Fsp3) is 0.318. The molecule has 0 spiro atoms. The van der Waals surface area contributed by atoms with Crippen molar-refractivity contribution in [1.29, 1.82) is 5.41 Å². The number of nitrogens with one attached hydrogen (secondary N) is 1. The highest BCUT2D eigenvalue weighted by molar-refractivity contribution is 8.00. The minimum atomic E-state index is -0.448. The van der Waals surface area contributed by atoms with Gasteiger partial charge in [-0.25, -0.2) is 4.98 Å². The third kappa shape index (κ3) is 5.15. The van der Waals surface area contributed by atoms with E-state index in [4.69, 9.17) is 20.9 Å². The molecule has 1 aliphatic rings. The molecule has 1 amide bonds. The molecule has 168 valence electrons. The van der Waals surface area contributed by atoms with Gasteiger partial charge >= 0.3 is 0 Å². The van der Waals surface area contributed by atoms with E-state index in [1.807, 2.05) is 42.0 Å². The number of ether oxygens (including phenoxy) is 1. The zero-order chi connectivity index (χ0) is 22.7. The minimum absolute atomic E-state index is 0.0572. The second kappa shape index (κ2) is 10.0. The fourth-order valence-corrected chi connectivity index (χ4v) is 6.21. The van der Waals surface area contributed by atoms with E-state index in [1.54, 1.807) is 28.0 Å². The average Bonchev–Trinajstić information content (AvgIpc) is 3.45. The number of benzene rings is 1. The number of piperidine rings is 1.